The summed E-state index contributed by atoms with van der Waals surface area (Å²) in [5.41, 5.74) is 1.09. The van der Waals surface area contributed by atoms with Crippen molar-refractivity contribution in [3.8, 4) is 0 Å². The van der Waals surface area contributed by atoms with Gasteiger partial charge in [0.25, 0.3) is 5.91 Å². The first-order valence-corrected chi connectivity index (χ1v) is 10.9. The first-order chi connectivity index (χ1) is 14.2. The van der Waals surface area contributed by atoms with Crippen LogP contribution in [0.3, 0.4) is 0 Å². The number of carbonyl (C=O) groups is 1. The maximum Gasteiger partial charge on any atom is 0.289 e. The van der Waals surface area contributed by atoms with Crippen molar-refractivity contribution < 1.29 is 26.4 Å². The van der Waals surface area contributed by atoms with Gasteiger partial charge in [-0.2, -0.15) is 4.31 Å². The van der Waals surface area contributed by atoms with E-state index in [4.69, 9.17) is 16.0 Å². The number of piperazine rings is 1. The average Bonchev–Trinajstić information content (AvgIpc) is 3.07. The average molecular weight is 455 g/mol. The molecule has 1 fully saturated rings. The minimum atomic E-state index is -4.00. The van der Waals surface area contributed by atoms with Gasteiger partial charge in [0.15, 0.2) is 23.0 Å². The fourth-order valence-electron chi connectivity index (χ4n) is 3.47. The lowest BCUT2D eigenvalue weighted by molar-refractivity contribution is 0.0667. The van der Waals surface area contributed by atoms with E-state index in [2.05, 4.69) is 0 Å². The molecule has 30 heavy (non-hydrogen) atoms. The van der Waals surface area contributed by atoms with Crippen molar-refractivity contribution in [1.82, 2.24) is 9.21 Å². The standard InChI is InChI=1S/C20H17ClF2N2O4S/c1-12-14-3-2-4-15(21)19(14)29-18(12)20(26)24-7-9-25(10-8-24)30(27,28)13-5-6-16(22)17(23)11-13/h2-6,11H,7-10H2,1H3. The Balaban J connectivity index is 1.52. The molecule has 0 aliphatic carbocycles. The van der Waals surface area contributed by atoms with Gasteiger partial charge in [-0.05, 0) is 31.2 Å². The number of para-hydroxylation sites is 1. The Labute approximate surface area is 176 Å². The van der Waals surface area contributed by atoms with Crippen LogP contribution >= 0.6 is 11.6 Å². The summed E-state index contributed by atoms with van der Waals surface area (Å²) in [6.07, 6.45) is 0. The van der Waals surface area contributed by atoms with E-state index in [1.807, 2.05) is 6.07 Å². The molecular weight excluding hydrogens is 438 g/mol. The van der Waals surface area contributed by atoms with Gasteiger partial charge in [0.1, 0.15) is 0 Å². The van der Waals surface area contributed by atoms with Gasteiger partial charge in [-0.25, -0.2) is 17.2 Å². The van der Waals surface area contributed by atoms with E-state index in [0.717, 1.165) is 21.8 Å². The van der Waals surface area contributed by atoms with Gasteiger partial charge in [-0.15, -0.1) is 0 Å². The fourth-order valence-corrected chi connectivity index (χ4v) is 5.12. The Morgan fingerprint density at radius 1 is 1.07 bits per heavy atom. The molecule has 0 unspecified atom stereocenters. The Kier molecular flexibility index (Phi) is 5.29. The molecular formula is C20H17ClF2N2O4S. The topological polar surface area (TPSA) is 70.8 Å². The van der Waals surface area contributed by atoms with E-state index in [9.17, 15) is 22.0 Å². The monoisotopic (exact) mass is 454 g/mol. The van der Waals surface area contributed by atoms with Gasteiger partial charge in [-0.1, -0.05) is 23.7 Å². The van der Waals surface area contributed by atoms with Crippen molar-refractivity contribution in [2.24, 2.45) is 0 Å². The van der Waals surface area contributed by atoms with Crippen LogP contribution in [-0.4, -0.2) is 49.7 Å². The first-order valence-electron chi connectivity index (χ1n) is 9.12. The quantitative estimate of drug-likeness (QED) is 0.603. The second kappa shape index (κ2) is 7.64. The van der Waals surface area contributed by atoms with E-state index in [1.165, 1.54) is 4.90 Å². The highest BCUT2D eigenvalue weighted by Gasteiger charge is 2.32. The molecule has 1 aliphatic heterocycles. The number of amides is 1. The molecule has 0 spiro atoms. The highest BCUT2D eigenvalue weighted by atomic mass is 35.5. The fraction of sp³-hybridized carbons (Fsp3) is 0.250. The number of rotatable bonds is 3. The molecule has 2 heterocycles. The van der Waals surface area contributed by atoms with Crippen molar-refractivity contribution in [3.05, 3.63) is 64.4 Å². The molecule has 1 aliphatic rings. The van der Waals surface area contributed by atoms with Gasteiger partial charge in [0, 0.05) is 37.1 Å². The van der Waals surface area contributed by atoms with Crippen molar-refractivity contribution in [2.75, 3.05) is 26.2 Å². The Morgan fingerprint density at radius 2 is 1.77 bits per heavy atom. The lowest BCUT2D eigenvalue weighted by Crippen LogP contribution is -2.50. The number of carbonyl (C=O) groups excluding carboxylic acids is 1. The summed E-state index contributed by atoms with van der Waals surface area (Å²) in [5, 5.41) is 1.14. The van der Waals surface area contributed by atoms with E-state index >= 15 is 0 Å². The molecule has 2 aromatic carbocycles. The second-order valence-electron chi connectivity index (χ2n) is 6.94. The van der Waals surface area contributed by atoms with E-state index in [-0.39, 0.29) is 42.7 Å². The van der Waals surface area contributed by atoms with E-state index in [0.29, 0.717) is 22.2 Å². The van der Waals surface area contributed by atoms with Crippen LogP contribution in [0, 0.1) is 18.6 Å². The number of nitrogens with zero attached hydrogens (tertiary/aromatic N) is 2. The Morgan fingerprint density at radius 3 is 2.40 bits per heavy atom. The van der Waals surface area contributed by atoms with Crippen LogP contribution in [0.4, 0.5) is 8.78 Å². The van der Waals surface area contributed by atoms with Gasteiger partial charge in [0.05, 0.1) is 9.92 Å². The Bertz CT molecular complexity index is 1250. The minimum absolute atomic E-state index is 0.0209. The molecule has 0 atom stereocenters. The van der Waals surface area contributed by atoms with Crippen LogP contribution in [0.25, 0.3) is 11.0 Å². The summed E-state index contributed by atoms with van der Waals surface area (Å²) in [4.78, 5) is 14.1. The zero-order valence-electron chi connectivity index (χ0n) is 15.9. The van der Waals surface area contributed by atoms with Gasteiger partial charge >= 0.3 is 0 Å². The SMILES string of the molecule is Cc1c(C(=O)N2CCN(S(=O)(=O)c3ccc(F)c(F)c3)CC2)oc2c(Cl)cccc12. The molecule has 6 nitrogen and oxygen atoms in total. The summed E-state index contributed by atoms with van der Waals surface area (Å²) in [6.45, 7) is 2.07. The summed E-state index contributed by atoms with van der Waals surface area (Å²) < 4.78 is 58.8. The van der Waals surface area contributed by atoms with Crippen molar-refractivity contribution in [1.29, 1.82) is 0 Å². The number of sulfonamides is 1. The van der Waals surface area contributed by atoms with E-state index < -0.39 is 21.7 Å². The maximum absolute atomic E-state index is 13.5. The van der Waals surface area contributed by atoms with Crippen LogP contribution < -0.4 is 0 Å². The molecule has 0 bridgehead atoms. The van der Waals surface area contributed by atoms with Crippen molar-refractivity contribution in [2.45, 2.75) is 11.8 Å². The molecule has 0 N–H and O–H groups in total. The number of halogens is 3. The molecule has 4 rings (SSSR count). The number of benzene rings is 2. The van der Waals surface area contributed by atoms with Crippen LogP contribution in [0.2, 0.25) is 5.02 Å². The summed E-state index contributed by atoms with van der Waals surface area (Å²) in [6, 6.07) is 7.70. The van der Waals surface area contributed by atoms with Gasteiger partial charge in [0.2, 0.25) is 10.0 Å². The molecule has 0 radical (unpaired) electrons. The number of aryl methyl sites for hydroxylation is 1. The minimum Gasteiger partial charge on any atom is -0.449 e. The zero-order chi connectivity index (χ0) is 21.6. The number of hydrogen-bond acceptors (Lipinski definition) is 4. The third kappa shape index (κ3) is 3.46. The van der Waals surface area contributed by atoms with Gasteiger partial charge in [-0.3, -0.25) is 4.79 Å². The molecule has 1 saturated heterocycles. The highest BCUT2D eigenvalue weighted by molar-refractivity contribution is 7.89. The lowest BCUT2D eigenvalue weighted by Gasteiger charge is -2.33. The molecule has 158 valence electrons. The molecule has 10 heteroatoms. The van der Waals surface area contributed by atoms with Crippen molar-refractivity contribution >= 4 is 38.5 Å². The molecule has 1 aromatic heterocycles. The van der Waals surface area contributed by atoms with Crippen LogP contribution in [0.1, 0.15) is 16.1 Å². The third-order valence-electron chi connectivity index (χ3n) is 5.16. The second-order valence-corrected chi connectivity index (χ2v) is 9.29. The summed E-state index contributed by atoms with van der Waals surface area (Å²) in [5.74, 6) is -2.55. The predicted octanol–water partition coefficient (Wildman–Crippen LogP) is 3.82. The smallest absolute Gasteiger partial charge is 0.289 e. The van der Waals surface area contributed by atoms with E-state index in [1.54, 1.807) is 19.1 Å². The maximum atomic E-state index is 13.5. The lowest BCUT2D eigenvalue weighted by atomic mass is 10.1. The Hall–Kier alpha value is -2.49. The molecule has 3 aromatic rings. The van der Waals surface area contributed by atoms with Crippen LogP contribution in [0.15, 0.2) is 45.7 Å². The third-order valence-corrected chi connectivity index (χ3v) is 7.36. The number of fused-ring (bicyclic) bond motifs is 1. The summed E-state index contributed by atoms with van der Waals surface area (Å²) >= 11 is 6.14. The molecule has 0 saturated carbocycles. The first kappa shape index (κ1) is 20.8. The highest BCUT2D eigenvalue weighted by Crippen LogP contribution is 2.31. The van der Waals surface area contributed by atoms with Gasteiger partial charge < -0.3 is 9.32 Å². The van der Waals surface area contributed by atoms with Crippen molar-refractivity contribution in [3.63, 3.8) is 0 Å². The summed E-state index contributed by atoms with van der Waals surface area (Å²) in [7, 11) is -4.00. The predicted molar refractivity (Wildman–Crippen MR) is 107 cm³/mol. The zero-order valence-corrected chi connectivity index (χ0v) is 17.4. The van der Waals surface area contributed by atoms with Crippen LogP contribution in [0.5, 0.6) is 0 Å². The van der Waals surface area contributed by atoms with Crippen LogP contribution in [-0.2, 0) is 10.0 Å². The normalized spacial score (nSPS) is 15.7. The number of furan rings is 1. The number of hydrogen-bond donors (Lipinski definition) is 0. The molecule has 1 amide bonds. The largest absolute Gasteiger partial charge is 0.449 e.